The molecule has 3 aromatic heterocycles. The molecular weight excluding hydrogens is 629 g/mol. The monoisotopic (exact) mass is 650 g/mol. The number of aromatic amines is 2. The molecule has 46 heavy (non-hydrogen) atoms. The molecule has 0 spiro atoms. The second kappa shape index (κ2) is 10.6. The van der Waals surface area contributed by atoms with E-state index in [0.717, 1.165) is 12.5 Å². The summed E-state index contributed by atoms with van der Waals surface area (Å²) in [6.45, 7) is -0.0302. The first-order valence-electron chi connectivity index (χ1n) is 13.9. The number of benzene rings is 3. The number of H-pyrrole nitrogens is 2. The number of fused-ring (bicyclic) bond motifs is 5. The fraction of sp³-hybridized carbons (Fsp3) is 0.156. The number of alkyl halides is 4. The van der Waals surface area contributed by atoms with Crippen LogP contribution in [0.15, 0.2) is 65.1 Å². The molecular formula is C32H22ClF3N4O6. The van der Waals surface area contributed by atoms with Gasteiger partial charge in [0.05, 0.1) is 23.9 Å². The van der Waals surface area contributed by atoms with Crippen molar-refractivity contribution >= 4 is 73.5 Å². The molecule has 1 aliphatic rings. The first-order chi connectivity index (χ1) is 22.0. The van der Waals surface area contributed by atoms with Gasteiger partial charge in [-0.1, -0.05) is 18.2 Å². The van der Waals surface area contributed by atoms with Crippen molar-refractivity contribution in [1.29, 1.82) is 0 Å². The predicted octanol–water partition coefficient (Wildman–Crippen LogP) is 7.14. The Hall–Kier alpha value is -5.43. The van der Waals surface area contributed by atoms with Gasteiger partial charge in [0.15, 0.2) is 5.76 Å². The van der Waals surface area contributed by atoms with E-state index in [4.69, 9.17) is 16.0 Å². The molecule has 7 rings (SSSR count). The number of carbonyl (C=O) groups is 3. The molecule has 0 bridgehead atoms. The maximum atomic E-state index is 14.0. The van der Waals surface area contributed by atoms with Gasteiger partial charge in [-0.15, -0.1) is 11.6 Å². The fourth-order valence-corrected chi connectivity index (χ4v) is 6.26. The number of ether oxygens (including phenoxy) is 1. The summed E-state index contributed by atoms with van der Waals surface area (Å²) in [5.41, 5.74) is -0.464. The second-order valence-corrected chi connectivity index (χ2v) is 11.1. The molecule has 6 aromatic rings. The van der Waals surface area contributed by atoms with E-state index in [0.29, 0.717) is 22.2 Å². The Morgan fingerprint density at radius 3 is 2.59 bits per heavy atom. The van der Waals surface area contributed by atoms with Crippen LogP contribution in [0.1, 0.15) is 48.6 Å². The molecule has 0 saturated heterocycles. The van der Waals surface area contributed by atoms with Crippen molar-refractivity contribution in [2.45, 2.75) is 12.1 Å². The molecule has 0 radical (unpaired) electrons. The number of methoxy groups -OCH3 is 1. The first kappa shape index (κ1) is 29.3. The van der Waals surface area contributed by atoms with Crippen LogP contribution in [0.25, 0.3) is 32.8 Å². The number of hydrogen-bond acceptors (Lipinski definition) is 6. The zero-order valence-corrected chi connectivity index (χ0v) is 24.5. The number of carbonyl (C=O) groups excluding carboxylic acids is 3. The minimum absolute atomic E-state index is 0.0302. The van der Waals surface area contributed by atoms with Crippen molar-refractivity contribution in [3.63, 3.8) is 0 Å². The van der Waals surface area contributed by atoms with Crippen molar-refractivity contribution in [1.82, 2.24) is 9.97 Å². The Labute approximate surface area is 261 Å². The molecule has 1 atom stereocenters. The number of furan rings is 1. The van der Waals surface area contributed by atoms with Crippen molar-refractivity contribution in [3.8, 4) is 5.75 Å². The van der Waals surface area contributed by atoms with Crippen LogP contribution in [-0.4, -0.2) is 52.4 Å². The lowest BCUT2D eigenvalue weighted by molar-refractivity contribution is -0.141. The lowest BCUT2D eigenvalue weighted by atomic mass is 9.95. The van der Waals surface area contributed by atoms with E-state index in [9.17, 15) is 32.7 Å². The lowest BCUT2D eigenvalue weighted by Crippen LogP contribution is -2.30. The fourth-order valence-electron chi connectivity index (χ4n) is 6.01. The van der Waals surface area contributed by atoms with E-state index in [1.165, 1.54) is 11.0 Å². The van der Waals surface area contributed by atoms with Gasteiger partial charge in [0.1, 0.15) is 22.7 Å². The van der Waals surface area contributed by atoms with E-state index in [2.05, 4.69) is 20.0 Å². The van der Waals surface area contributed by atoms with E-state index in [1.807, 2.05) is 12.1 Å². The molecule has 10 nitrogen and oxygen atoms in total. The number of halogens is 4. The minimum Gasteiger partial charge on any atom is -0.506 e. The molecule has 0 fully saturated rings. The number of rotatable bonds is 5. The molecule has 3 aromatic carbocycles. The largest absolute Gasteiger partial charge is 0.506 e. The van der Waals surface area contributed by atoms with Gasteiger partial charge >= 0.3 is 12.1 Å². The van der Waals surface area contributed by atoms with Crippen LogP contribution in [0.3, 0.4) is 0 Å². The summed E-state index contributed by atoms with van der Waals surface area (Å²) in [7, 11) is 0.949. The molecule has 4 N–H and O–H groups in total. The number of nitrogens with one attached hydrogen (secondary N) is 3. The quantitative estimate of drug-likeness (QED) is 0.115. The molecule has 2 amide bonds. The molecule has 234 valence electrons. The average Bonchev–Trinajstić information content (AvgIpc) is 3.81. The Morgan fingerprint density at radius 2 is 1.87 bits per heavy atom. The number of phenolic OH excluding ortho intramolecular Hbond substituents is 1. The van der Waals surface area contributed by atoms with Crippen LogP contribution < -0.4 is 10.2 Å². The maximum absolute atomic E-state index is 14.0. The van der Waals surface area contributed by atoms with Gasteiger partial charge in [-0.2, -0.15) is 13.2 Å². The summed E-state index contributed by atoms with van der Waals surface area (Å²) in [6, 6.07) is 16.6. The van der Waals surface area contributed by atoms with Gasteiger partial charge in [-0.3, -0.25) is 9.59 Å². The maximum Gasteiger partial charge on any atom is 0.432 e. The van der Waals surface area contributed by atoms with Gasteiger partial charge in [0.25, 0.3) is 11.8 Å². The van der Waals surface area contributed by atoms with E-state index in [-0.39, 0.29) is 46.0 Å². The number of hydrogen-bond donors (Lipinski definition) is 4. The summed E-state index contributed by atoms with van der Waals surface area (Å²) >= 11 is 6.25. The third-order valence-electron chi connectivity index (χ3n) is 8.04. The number of aromatic hydroxyl groups is 1. The number of anilines is 2. The molecule has 4 heterocycles. The van der Waals surface area contributed by atoms with E-state index >= 15 is 0 Å². The topological polar surface area (TPSA) is 141 Å². The SMILES string of the molecule is COC(=O)c1c(C(F)(F)F)[nH]c2c(O)cc3c(c12)[C@H](CCl)CN3C(=O)c1cc2cc(NC(=O)c3cc4ccccc4o3)ccc2[nH]1. The zero-order valence-electron chi connectivity index (χ0n) is 23.7. The van der Waals surface area contributed by atoms with Crippen LogP contribution in [0.4, 0.5) is 24.5 Å². The molecule has 0 aliphatic carbocycles. The van der Waals surface area contributed by atoms with Crippen molar-refractivity contribution in [2.75, 3.05) is 29.8 Å². The highest BCUT2D eigenvalue weighted by atomic mass is 35.5. The van der Waals surface area contributed by atoms with Crippen molar-refractivity contribution in [3.05, 3.63) is 88.9 Å². The molecule has 0 unspecified atom stereocenters. The van der Waals surface area contributed by atoms with Crippen molar-refractivity contribution in [2.24, 2.45) is 0 Å². The summed E-state index contributed by atoms with van der Waals surface area (Å²) in [6.07, 6.45) is -4.97. The molecule has 1 aliphatic heterocycles. The number of nitrogens with zero attached hydrogens (tertiary/aromatic N) is 1. The summed E-state index contributed by atoms with van der Waals surface area (Å²) in [4.78, 5) is 45.8. The zero-order chi connectivity index (χ0) is 32.5. The number of para-hydroxylation sites is 1. The molecule has 14 heteroatoms. The number of amides is 2. The van der Waals surface area contributed by atoms with Crippen LogP contribution >= 0.6 is 11.6 Å². The van der Waals surface area contributed by atoms with Crippen molar-refractivity contribution < 1.29 is 41.8 Å². The Balaban J connectivity index is 1.24. The van der Waals surface area contributed by atoms with Gasteiger partial charge in [-0.05, 0) is 42.0 Å². The van der Waals surface area contributed by atoms with Crippen LogP contribution in [0.5, 0.6) is 5.75 Å². The minimum atomic E-state index is -4.97. The third kappa shape index (κ3) is 4.62. The number of esters is 1. The van der Waals surface area contributed by atoms with E-state index < -0.39 is 46.9 Å². The smallest absolute Gasteiger partial charge is 0.432 e. The standard InChI is InChI=1S/C32H22ClF3N4O6/c1-45-31(44)26-25-24-16(12-33)13-40(20(24)11-21(41)27(25)39-28(26)32(34,35)36)30(43)19-9-15-8-17(6-7-18(15)38-19)37-29(42)23-10-14-4-2-3-5-22(14)46-23/h2-11,16,38-39,41H,12-13H2,1H3,(H,37,42)/t16-/m1/s1. The van der Waals surface area contributed by atoms with Crippen LogP contribution in [0, 0.1) is 0 Å². The van der Waals surface area contributed by atoms with Crippen LogP contribution in [0.2, 0.25) is 0 Å². The normalized spacial score (nSPS) is 14.7. The summed E-state index contributed by atoms with van der Waals surface area (Å²) in [5.74, 6) is -3.50. The third-order valence-corrected chi connectivity index (χ3v) is 8.41. The predicted molar refractivity (Wildman–Crippen MR) is 164 cm³/mol. The van der Waals surface area contributed by atoms with Gasteiger partial charge < -0.3 is 34.4 Å². The van der Waals surface area contributed by atoms with Gasteiger partial charge in [0.2, 0.25) is 0 Å². The van der Waals surface area contributed by atoms with Gasteiger partial charge in [0, 0.05) is 51.8 Å². The Kier molecular flexibility index (Phi) is 6.74. The molecule has 0 saturated carbocycles. The number of aromatic nitrogens is 2. The Bertz CT molecular complexity index is 2200. The average molecular weight is 651 g/mol. The number of phenols is 1. The van der Waals surface area contributed by atoms with E-state index in [1.54, 1.807) is 42.5 Å². The summed E-state index contributed by atoms with van der Waals surface area (Å²) < 4.78 is 52.2. The van der Waals surface area contributed by atoms with Gasteiger partial charge in [-0.25, -0.2) is 4.79 Å². The highest BCUT2D eigenvalue weighted by Gasteiger charge is 2.43. The summed E-state index contributed by atoms with van der Waals surface area (Å²) in [5, 5.41) is 14.7. The van der Waals surface area contributed by atoms with Crippen LogP contribution in [-0.2, 0) is 10.9 Å². The lowest BCUT2D eigenvalue weighted by Gasteiger charge is -2.17. The Morgan fingerprint density at radius 1 is 1.09 bits per heavy atom. The second-order valence-electron chi connectivity index (χ2n) is 10.8. The highest BCUT2D eigenvalue weighted by molar-refractivity contribution is 6.20. The highest BCUT2D eigenvalue weighted by Crippen LogP contribution is 2.49. The first-order valence-corrected chi connectivity index (χ1v) is 14.4.